The van der Waals surface area contributed by atoms with E-state index in [0.29, 0.717) is 25.1 Å². The summed E-state index contributed by atoms with van der Waals surface area (Å²) in [5.41, 5.74) is 13.6. The lowest BCUT2D eigenvalue weighted by molar-refractivity contribution is -0.143. The summed E-state index contributed by atoms with van der Waals surface area (Å²) in [5.74, 6) is -0.401. The molecular formula is C28H32ClN5O4S. The Morgan fingerprint density at radius 1 is 1.03 bits per heavy atom. The Balaban J connectivity index is 1.58. The summed E-state index contributed by atoms with van der Waals surface area (Å²) < 4.78 is 34.4. The molecule has 11 heteroatoms. The second-order valence-corrected chi connectivity index (χ2v) is 11.7. The number of esters is 1. The number of nitrogens with one attached hydrogen (secondary N) is 1. The van der Waals surface area contributed by atoms with Crippen molar-refractivity contribution in [3.8, 4) is 0 Å². The zero-order chi connectivity index (χ0) is 28.0. The van der Waals surface area contributed by atoms with E-state index in [-0.39, 0.29) is 39.8 Å². The van der Waals surface area contributed by atoms with Gasteiger partial charge in [0.25, 0.3) is 10.0 Å². The average Bonchev–Trinajstić information content (AvgIpc) is 2.93. The van der Waals surface area contributed by atoms with E-state index in [1.807, 2.05) is 41.3 Å². The predicted molar refractivity (Wildman–Crippen MR) is 153 cm³/mol. The van der Waals surface area contributed by atoms with Crippen LogP contribution in [0, 0.1) is 11.3 Å². The third-order valence-electron chi connectivity index (χ3n) is 6.80. The maximum atomic E-state index is 14.0. The molecule has 1 saturated heterocycles. The van der Waals surface area contributed by atoms with Crippen LogP contribution in [0.15, 0.2) is 77.7 Å². The number of sulfonamides is 1. The zero-order valence-electron chi connectivity index (χ0n) is 21.4. The second-order valence-electron chi connectivity index (χ2n) is 9.47. The standard InChI is InChI=1S/C28H32ClN5O4S/c29-27-22(17-20-13-15-33(16-14-20)28(31)32)9-6-12-25(27)39(36,37)34(24-11-5-4-10-23(24)30)18-26(35)38-19-21-7-2-1-3-8-21/h1-12,20H,13-19,30H2,(H3,31,32). The zero-order valence-corrected chi connectivity index (χ0v) is 23.0. The third kappa shape index (κ3) is 6.82. The molecule has 0 bridgehead atoms. The van der Waals surface area contributed by atoms with Crippen LogP contribution in [0.1, 0.15) is 24.0 Å². The maximum absolute atomic E-state index is 14.0. The summed E-state index contributed by atoms with van der Waals surface area (Å²) in [4.78, 5) is 14.6. The average molecular weight is 570 g/mol. The number of hydrogen-bond acceptors (Lipinski definition) is 6. The lowest BCUT2D eigenvalue weighted by Gasteiger charge is -2.32. The van der Waals surface area contributed by atoms with Gasteiger partial charge in [0.05, 0.1) is 16.4 Å². The van der Waals surface area contributed by atoms with Crippen LogP contribution in [0.3, 0.4) is 0 Å². The molecule has 0 unspecified atom stereocenters. The molecule has 1 heterocycles. The number of ether oxygens (including phenoxy) is 1. The van der Waals surface area contributed by atoms with Gasteiger partial charge >= 0.3 is 5.97 Å². The van der Waals surface area contributed by atoms with Crippen LogP contribution in [0.2, 0.25) is 5.02 Å². The fourth-order valence-electron chi connectivity index (χ4n) is 4.64. The molecule has 3 aromatic rings. The summed E-state index contributed by atoms with van der Waals surface area (Å²) in [7, 11) is -4.30. The largest absolute Gasteiger partial charge is 0.459 e. The first-order valence-corrected chi connectivity index (χ1v) is 14.4. The van der Waals surface area contributed by atoms with Crippen LogP contribution < -0.4 is 15.8 Å². The summed E-state index contributed by atoms with van der Waals surface area (Å²) in [5, 5.41) is 7.74. The molecule has 1 fully saturated rings. The maximum Gasteiger partial charge on any atom is 0.327 e. The van der Waals surface area contributed by atoms with Gasteiger partial charge in [-0.3, -0.25) is 14.5 Å². The molecule has 0 radical (unpaired) electrons. The number of benzene rings is 3. The molecule has 9 nitrogen and oxygen atoms in total. The molecule has 39 heavy (non-hydrogen) atoms. The van der Waals surface area contributed by atoms with Crippen molar-refractivity contribution in [3.63, 3.8) is 0 Å². The van der Waals surface area contributed by atoms with E-state index in [1.165, 1.54) is 12.1 Å². The molecule has 3 aromatic carbocycles. The highest BCUT2D eigenvalue weighted by Crippen LogP contribution is 2.35. The van der Waals surface area contributed by atoms with Crippen molar-refractivity contribution >= 4 is 44.9 Å². The minimum atomic E-state index is -4.30. The number of nitrogens with zero attached hydrogens (tertiary/aromatic N) is 2. The second kappa shape index (κ2) is 12.4. The molecule has 0 saturated carbocycles. The Bertz CT molecular complexity index is 1430. The lowest BCUT2D eigenvalue weighted by Crippen LogP contribution is -2.42. The molecule has 0 aromatic heterocycles. The molecular weight excluding hydrogens is 538 g/mol. The fourth-order valence-corrected chi connectivity index (χ4v) is 6.68. The van der Waals surface area contributed by atoms with Gasteiger partial charge in [-0.15, -0.1) is 0 Å². The quantitative estimate of drug-likeness (QED) is 0.153. The first-order valence-electron chi connectivity index (χ1n) is 12.6. The van der Waals surface area contributed by atoms with E-state index in [4.69, 9.17) is 33.2 Å². The highest BCUT2D eigenvalue weighted by molar-refractivity contribution is 7.93. The Morgan fingerprint density at radius 3 is 2.36 bits per heavy atom. The summed E-state index contributed by atoms with van der Waals surface area (Å²) >= 11 is 6.72. The molecule has 0 amide bonds. The lowest BCUT2D eigenvalue weighted by atomic mass is 9.90. The first kappa shape index (κ1) is 28.3. The van der Waals surface area contributed by atoms with Crippen LogP contribution >= 0.6 is 11.6 Å². The number of anilines is 2. The number of piperidine rings is 1. The van der Waals surface area contributed by atoms with Gasteiger partial charge in [-0.05, 0) is 54.5 Å². The molecule has 0 spiro atoms. The Hall–Kier alpha value is -3.76. The Kier molecular flexibility index (Phi) is 8.98. The number of hydrogen-bond donors (Lipinski definition) is 3. The number of rotatable bonds is 9. The van der Waals surface area contributed by atoms with Crippen molar-refractivity contribution in [2.45, 2.75) is 30.8 Å². The normalized spacial score (nSPS) is 14.1. The highest BCUT2D eigenvalue weighted by atomic mass is 35.5. The molecule has 206 valence electrons. The summed E-state index contributed by atoms with van der Waals surface area (Å²) in [6.45, 7) is 0.771. The predicted octanol–water partition coefficient (Wildman–Crippen LogP) is 4.01. The molecule has 5 N–H and O–H groups in total. The van der Waals surface area contributed by atoms with Gasteiger partial charge in [0.1, 0.15) is 18.0 Å². The number of nitrogen functional groups attached to an aromatic ring is 1. The van der Waals surface area contributed by atoms with Gasteiger partial charge in [-0.1, -0.05) is 66.2 Å². The SMILES string of the molecule is N=C(N)N1CCC(Cc2cccc(S(=O)(=O)N(CC(=O)OCc3ccccc3)c3ccccc3N)c2Cl)CC1. The number of likely N-dealkylation sites (tertiary alicyclic amines) is 1. The number of nitrogens with two attached hydrogens (primary N) is 2. The number of para-hydroxylation sites is 2. The van der Waals surface area contributed by atoms with E-state index in [0.717, 1.165) is 22.7 Å². The summed E-state index contributed by atoms with van der Waals surface area (Å²) in [6.07, 6.45) is 2.21. The van der Waals surface area contributed by atoms with Crippen molar-refractivity contribution in [3.05, 3.63) is 88.9 Å². The molecule has 0 atom stereocenters. The van der Waals surface area contributed by atoms with E-state index < -0.39 is 22.5 Å². The van der Waals surface area contributed by atoms with E-state index in [9.17, 15) is 13.2 Å². The topological polar surface area (TPSA) is 143 Å². The number of carbonyl (C=O) groups excluding carboxylic acids is 1. The Labute approximate surface area is 233 Å². The van der Waals surface area contributed by atoms with Crippen molar-refractivity contribution in [1.29, 1.82) is 5.41 Å². The number of guanidine groups is 1. The van der Waals surface area contributed by atoms with Gasteiger partial charge < -0.3 is 21.1 Å². The van der Waals surface area contributed by atoms with Crippen molar-refractivity contribution in [2.24, 2.45) is 11.7 Å². The minimum absolute atomic E-state index is 0.0104. The Morgan fingerprint density at radius 2 is 1.69 bits per heavy atom. The monoisotopic (exact) mass is 569 g/mol. The van der Waals surface area contributed by atoms with E-state index >= 15 is 0 Å². The fraction of sp³-hybridized carbons (Fsp3) is 0.286. The number of carbonyl (C=O) groups is 1. The van der Waals surface area contributed by atoms with Crippen molar-refractivity contribution < 1.29 is 17.9 Å². The number of halogens is 1. The summed E-state index contributed by atoms with van der Waals surface area (Å²) in [6, 6.07) is 20.5. The van der Waals surface area contributed by atoms with Crippen molar-refractivity contribution in [1.82, 2.24) is 4.90 Å². The van der Waals surface area contributed by atoms with E-state index in [1.54, 1.807) is 24.3 Å². The van der Waals surface area contributed by atoms with Gasteiger partial charge in [0.15, 0.2) is 5.96 Å². The van der Waals surface area contributed by atoms with Crippen LogP contribution in [0.25, 0.3) is 0 Å². The minimum Gasteiger partial charge on any atom is -0.459 e. The van der Waals surface area contributed by atoms with Gasteiger partial charge in [0, 0.05) is 13.1 Å². The smallest absolute Gasteiger partial charge is 0.327 e. The van der Waals surface area contributed by atoms with Crippen LogP contribution in [-0.2, 0) is 32.6 Å². The van der Waals surface area contributed by atoms with Crippen LogP contribution in [0.5, 0.6) is 0 Å². The highest BCUT2D eigenvalue weighted by Gasteiger charge is 2.32. The van der Waals surface area contributed by atoms with Crippen LogP contribution in [0.4, 0.5) is 11.4 Å². The van der Waals surface area contributed by atoms with Crippen LogP contribution in [-0.4, -0.2) is 44.9 Å². The molecule has 1 aliphatic heterocycles. The molecule has 0 aliphatic carbocycles. The first-order chi connectivity index (χ1) is 18.7. The molecule has 4 rings (SSSR count). The third-order valence-corrected chi connectivity index (χ3v) is 9.16. The van der Waals surface area contributed by atoms with Gasteiger partial charge in [-0.2, -0.15) is 0 Å². The van der Waals surface area contributed by atoms with E-state index in [2.05, 4.69) is 0 Å². The molecule has 1 aliphatic rings. The van der Waals surface area contributed by atoms with Crippen molar-refractivity contribution in [2.75, 3.05) is 29.7 Å². The van der Waals surface area contributed by atoms with Gasteiger partial charge in [-0.25, -0.2) is 8.42 Å². The van der Waals surface area contributed by atoms with Gasteiger partial charge in [0.2, 0.25) is 0 Å².